The Morgan fingerprint density at radius 2 is 1.63 bits per heavy atom. The second-order valence-electron chi connectivity index (χ2n) is 9.75. The van der Waals surface area contributed by atoms with E-state index in [0.29, 0.717) is 73.8 Å². The number of anilines is 3. The van der Waals surface area contributed by atoms with Crippen molar-refractivity contribution in [2.75, 3.05) is 50.2 Å². The molecule has 0 unspecified atom stereocenters. The quantitative estimate of drug-likeness (QED) is 0.298. The Labute approximate surface area is 239 Å². The number of rotatable bonds is 5. The number of aromatic amines is 1. The fourth-order valence-corrected chi connectivity index (χ4v) is 4.46. The van der Waals surface area contributed by atoms with Gasteiger partial charge in [-0.1, -0.05) is 0 Å². The van der Waals surface area contributed by atoms with Crippen molar-refractivity contribution in [1.29, 1.82) is 0 Å². The summed E-state index contributed by atoms with van der Waals surface area (Å²) in [6.07, 6.45) is -6.86. The van der Waals surface area contributed by atoms with Crippen molar-refractivity contribution >= 4 is 40.1 Å². The van der Waals surface area contributed by atoms with E-state index in [2.05, 4.69) is 20.6 Å². The molecule has 2 aromatic heterocycles. The Kier molecular flexibility index (Phi) is 8.18. The van der Waals surface area contributed by atoms with Gasteiger partial charge in [0.05, 0.1) is 35.4 Å². The van der Waals surface area contributed by atoms with Crippen molar-refractivity contribution < 1.29 is 55.2 Å². The van der Waals surface area contributed by atoms with E-state index in [1.165, 1.54) is 0 Å². The van der Waals surface area contributed by atoms with Crippen LogP contribution in [0.15, 0.2) is 24.4 Å². The van der Waals surface area contributed by atoms with Gasteiger partial charge in [-0.3, -0.25) is 4.79 Å². The van der Waals surface area contributed by atoms with Crippen LogP contribution in [0.1, 0.15) is 28.8 Å². The molecule has 0 bridgehead atoms. The largest absolute Gasteiger partial charge is 0.490 e. The second kappa shape index (κ2) is 11.7. The molecule has 0 spiro atoms. The highest BCUT2D eigenvalue weighted by Crippen LogP contribution is 2.44. The van der Waals surface area contributed by atoms with Crippen LogP contribution in [0.4, 0.5) is 43.5 Å². The van der Waals surface area contributed by atoms with E-state index in [9.17, 15) is 31.1 Å². The predicted octanol–water partition coefficient (Wildman–Crippen LogP) is 4.78. The second-order valence-corrected chi connectivity index (χ2v) is 9.75. The number of nitrogens with one attached hydrogen (secondary N) is 3. The third kappa shape index (κ3) is 6.81. The number of carbonyl (C=O) groups is 2. The molecule has 1 aromatic carbocycles. The molecule has 4 heterocycles. The van der Waals surface area contributed by atoms with E-state index in [1.54, 1.807) is 23.1 Å². The zero-order valence-electron chi connectivity index (χ0n) is 22.2. The van der Waals surface area contributed by atoms with Gasteiger partial charge in [-0.25, -0.2) is 9.78 Å². The summed E-state index contributed by atoms with van der Waals surface area (Å²) in [7, 11) is 0. The topological polar surface area (TPSA) is 138 Å². The molecular formula is C26H25F6N5O6. The van der Waals surface area contributed by atoms with Crippen molar-refractivity contribution in [3.05, 3.63) is 35.5 Å². The molecule has 2 fully saturated rings. The Bertz CT molecular complexity index is 1510. The first kappa shape index (κ1) is 30.1. The number of alkyl halides is 6. The Hall–Kier alpha value is -4.41. The van der Waals surface area contributed by atoms with E-state index < -0.39 is 23.9 Å². The lowest BCUT2D eigenvalue weighted by atomic mass is 10.1. The zero-order valence-corrected chi connectivity index (χ0v) is 22.2. The first-order chi connectivity index (χ1) is 20.3. The van der Waals surface area contributed by atoms with Crippen LogP contribution in [0, 0.1) is 0 Å². The van der Waals surface area contributed by atoms with Gasteiger partial charge in [-0.15, -0.1) is 0 Å². The highest BCUT2D eigenvalue weighted by Gasteiger charge is 2.38. The number of hydrogen-bond donors (Lipinski definition) is 4. The number of benzene rings is 1. The zero-order chi connectivity index (χ0) is 30.9. The highest BCUT2D eigenvalue weighted by atomic mass is 19.4. The third-order valence-electron chi connectivity index (χ3n) is 6.61. The molecule has 0 atom stereocenters. The Balaban J connectivity index is 0.000000472. The number of pyridine rings is 1. The van der Waals surface area contributed by atoms with Crippen LogP contribution in [0.25, 0.3) is 11.0 Å². The van der Waals surface area contributed by atoms with E-state index in [-0.39, 0.29) is 23.0 Å². The number of halogens is 6. The number of nitrogens with zero attached hydrogens (tertiary/aromatic N) is 2. The maximum Gasteiger partial charge on any atom is 0.490 e. The number of ether oxygens (including phenoxy) is 3. The molecule has 3 aliphatic rings. The minimum atomic E-state index is -5.08. The lowest BCUT2D eigenvalue weighted by Gasteiger charge is -2.29. The molecule has 232 valence electrons. The summed E-state index contributed by atoms with van der Waals surface area (Å²) in [5.74, 6) is -1.91. The van der Waals surface area contributed by atoms with E-state index >= 15 is 0 Å². The number of carboxylic acids is 1. The average molecular weight is 618 g/mol. The molecule has 3 aromatic rings. The normalized spacial score (nSPS) is 16.7. The standard InChI is InChI=1S/C24H24F3N5O4.C2HF3O2/c25-24(26,27)15-12-28-22-19(15)17(29-13-1-2-13)11-18(31-22)30-16-4-3-14(20-21(16)36-10-9-35-20)23(33)32-5-7-34-8-6-32;3-2(4,5)1(6)7/h3-4,11-13H,1-2,5-10H2,(H3,28,29,30,31);(H,6,7). The third-order valence-corrected chi connectivity index (χ3v) is 6.61. The summed E-state index contributed by atoms with van der Waals surface area (Å²) < 4.78 is 89.6. The fraction of sp³-hybridized carbons (Fsp3) is 0.423. The SMILES string of the molecule is O=C(O)C(F)(F)F.O=C(c1ccc(Nc2cc(NC3CC3)c3c(C(F)(F)F)c[nH]c3n2)c2c1OCCO2)N1CCOCC1. The summed E-state index contributed by atoms with van der Waals surface area (Å²) in [6, 6.07) is 5.05. The van der Waals surface area contributed by atoms with Crippen molar-refractivity contribution in [2.24, 2.45) is 0 Å². The maximum atomic E-state index is 13.6. The number of amides is 1. The molecule has 0 radical (unpaired) electrons. The molecule has 17 heteroatoms. The monoisotopic (exact) mass is 617 g/mol. The van der Waals surface area contributed by atoms with Gasteiger partial charge in [-0.05, 0) is 25.0 Å². The summed E-state index contributed by atoms with van der Waals surface area (Å²) in [6.45, 7) is 2.53. The lowest BCUT2D eigenvalue weighted by Crippen LogP contribution is -2.41. The maximum absolute atomic E-state index is 13.6. The van der Waals surface area contributed by atoms with Crippen molar-refractivity contribution in [2.45, 2.75) is 31.2 Å². The van der Waals surface area contributed by atoms with Crippen LogP contribution in [0.3, 0.4) is 0 Å². The van der Waals surface area contributed by atoms with Crippen LogP contribution in [-0.2, 0) is 15.7 Å². The van der Waals surface area contributed by atoms with Gasteiger partial charge < -0.3 is 39.8 Å². The molecule has 4 N–H and O–H groups in total. The molecule has 1 saturated carbocycles. The molecule has 6 rings (SSSR count). The summed E-state index contributed by atoms with van der Waals surface area (Å²) in [5.41, 5.74) is 0.579. The van der Waals surface area contributed by atoms with Gasteiger partial charge in [0.1, 0.15) is 24.7 Å². The number of H-pyrrole nitrogens is 1. The van der Waals surface area contributed by atoms with Crippen molar-refractivity contribution in [3.63, 3.8) is 0 Å². The van der Waals surface area contributed by atoms with Crippen LogP contribution < -0.4 is 20.1 Å². The average Bonchev–Trinajstić information content (AvgIpc) is 3.66. The van der Waals surface area contributed by atoms with Gasteiger partial charge in [0.25, 0.3) is 5.91 Å². The summed E-state index contributed by atoms with van der Waals surface area (Å²) in [5, 5.41) is 13.5. The van der Waals surface area contributed by atoms with Crippen LogP contribution in [-0.4, -0.2) is 83.6 Å². The first-order valence-corrected chi connectivity index (χ1v) is 13.1. The van der Waals surface area contributed by atoms with Crippen LogP contribution >= 0.6 is 0 Å². The molecular weight excluding hydrogens is 592 g/mol. The molecule has 1 saturated heterocycles. The molecule has 1 aliphatic carbocycles. The van der Waals surface area contributed by atoms with Crippen LogP contribution in [0.2, 0.25) is 0 Å². The summed E-state index contributed by atoms with van der Waals surface area (Å²) in [4.78, 5) is 30.8. The smallest absolute Gasteiger partial charge is 0.485 e. The number of morpholine rings is 1. The van der Waals surface area contributed by atoms with Gasteiger partial charge in [0.2, 0.25) is 0 Å². The number of carbonyl (C=O) groups excluding carboxylic acids is 1. The summed E-state index contributed by atoms with van der Waals surface area (Å²) >= 11 is 0. The van der Waals surface area contributed by atoms with Gasteiger partial charge in [-0.2, -0.15) is 26.3 Å². The number of aliphatic carboxylic acids is 1. The van der Waals surface area contributed by atoms with Crippen molar-refractivity contribution in [3.8, 4) is 11.5 Å². The van der Waals surface area contributed by atoms with Crippen LogP contribution in [0.5, 0.6) is 11.5 Å². The lowest BCUT2D eigenvalue weighted by molar-refractivity contribution is -0.192. The Morgan fingerprint density at radius 3 is 2.23 bits per heavy atom. The van der Waals surface area contributed by atoms with Gasteiger partial charge in [0, 0.05) is 37.1 Å². The van der Waals surface area contributed by atoms with Crippen molar-refractivity contribution in [1.82, 2.24) is 14.9 Å². The minimum Gasteiger partial charge on any atom is -0.485 e. The van der Waals surface area contributed by atoms with E-state index in [0.717, 1.165) is 19.0 Å². The predicted molar refractivity (Wildman–Crippen MR) is 139 cm³/mol. The molecule has 1 amide bonds. The Morgan fingerprint density at radius 1 is 0.977 bits per heavy atom. The fourth-order valence-electron chi connectivity index (χ4n) is 4.46. The number of aromatic nitrogens is 2. The molecule has 43 heavy (non-hydrogen) atoms. The highest BCUT2D eigenvalue weighted by molar-refractivity contribution is 6.00. The van der Waals surface area contributed by atoms with Gasteiger partial charge >= 0.3 is 18.3 Å². The van der Waals surface area contributed by atoms with E-state index in [4.69, 9.17) is 24.1 Å². The first-order valence-electron chi connectivity index (χ1n) is 13.1. The van der Waals surface area contributed by atoms with Gasteiger partial charge in [0.15, 0.2) is 11.5 Å². The number of carboxylic acid groups (broad SMARTS) is 1. The minimum absolute atomic E-state index is 0.00742. The molecule has 11 nitrogen and oxygen atoms in total. The number of hydrogen-bond acceptors (Lipinski definition) is 8. The van der Waals surface area contributed by atoms with E-state index in [1.807, 2.05) is 0 Å². The molecule has 2 aliphatic heterocycles. The number of fused-ring (bicyclic) bond motifs is 2.